The summed E-state index contributed by atoms with van der Waals surface area (Å²) in [5.41, 5.74) is 5.94. The highest BCUT2D eigenvalue weighted by Crippen LogP contribution is 2.36. The van der Waals surface area contributed by atoms with Gasteiger partial charge in [0.05, 0.1) is 7.11 Å². The van der Waals surface area contributed by atoms with E-state index in [0.29, 0.717) is 13.2 Å². The lowest BCUT2D eigenvalue weighted by Gasteiger charge is -2.17. The molecule has 146 valence electrons. The molecule has 0 aromatic heterocycles. The van der Waals surface area contributed by atoms with Crippen LogP contribution in [0, 0.1) is 13.8 Å². The summed E-state index contributed by atoms with van der Waals surface area (Å²) in [7, 11) is 1.67. The first-order valence-corrected chi connectivity index (χ1v) is 10.2. The summed E-state index contributed by atoms with van der Waals surface area (Å²) in [5.74, 6) is 1.51. The lowest BCUT2D eigenvalue weighted by molar-refractivity contribution is 0.280. The lowest BCUT2D eigenvalue weighted by atomic mass is 10.1. The van der Waals surface area contributed by atoms with Gasteiger partial charge in [0, 0.05) is 23.1 Å². The Morgan fingerprint density at radius 2 is 1.64 bits per heavy atom. The van der Waals surface area contributed by atoms with Gasteiger partial charge in [-0.1, -0.05) is 75.6 Å². The molecule has 3 nitrogen and oxygen atoms in total. The zero-order chi connectivity index (χ0) is 19.9. The quantitative estimate of drug-likeness (QED) is 0.470. The molecule has 0 unspecified atom stereocenters. The van der Waals surface area contributed by atoms with Gasteiger partial charge in [0.1, 0.15) is 6.61 Å². The molecule has 1 N–H and O–H groups in total. The van der Waals surface area contributed by atoms with E-state index in [1.54, 1.807) is 7.11 Å². The summed E-state index contributed by atoms with van der Waals surface area (Å²) in [4.78, 5) is 0. The molecule has 3 rings (SSSR count). The third-order valence-corrected chi connectivity index (χ3v) is 5.35. The number of methoxy groups -OCH3 is 1. The van der Waals surface area contributed by atoms with E-state index in [-0.39, 0.29) is 0 Å². The molecule has 4 heteroatoms. The molecule has 0 aliphatic carbocycles. The first-order valence-electron chi connectivity index (χ1n) is 9.37. The standard InChI is InChI=1S/C24H26BrNO2/c1-17-7-9-19(10-8-17)14-26-15-21-22(25)11-12-23(27-3)24(21)28-16-20-6-4-5-18(2)13-20/h4-13,26H,14-16H2,1-3H3. The Labute approximate surface area is 175 Å². The Kier molecular flexibility index (Phi) is 7.12. The number of halogens is 1. The molecule has 0 saturated carbocycles. The van der Waals surface area contributed by atoms with Crippen LogP contribution in [-0.2, 0) is 19.7 Å². The Morgan fingerprint density at radius 3 is 2.36 bits per heavy atom. The van der Waals surface area contributed by atoms with E-state index >= 15 is 0 Å². The van der Waals surface area contributed by atoms with Crippen LogP contribution < -0.4 is 14.8 Å². The molecule has 28 heavy (non-hydrogen) atoms. The van der Waals surface area contributed by atoms with E-state index in [1.165, 1.54) is 16.7 Å². The van der Waals surface area contributed by atoms with Crippen molar-refractivity contribution < 1.29 is 9.47 Å². The Hall–Kier alpha value is -2.30. The van der Waals surface area contributed by atoms with Gasteiger partial charge < -0.3 is 14.8 Å². The SMILES string of the molecule is COc1ccc(Br)c(CNCc2ccc(C)cc2)c1OCc1cccc(C)c1. The summed E-state index contributed by atoms with van der Waals surface area (Å²) in [6.45, 7) is 6.15. The van der Waals surface area contributed by atoms with Crippen molar-refractivity contribution in [2.24, 2.45) is 0 Å². The smallest absolute Gasteiger partial charge is 0.167 e. The van der Waals surface area contributed by atoms with Gasteiger partial charge in [-0.25, -0.2) is 0 Å². The highest BCUT2D eigenvalue weighted by Gasteiger charge is 2.15. The van der Waals surface area contributed by atoms with Crippen LogP contribution in [-0.4, -0.2) is 7.11 Å². The van der Waals surface area contributed by atoms with Crippen molar-refractivity contribution in [1.29, 1.82) is 0 Å². The minimum absolute atomic E-state index is 0.499. The van der Waals surface area contributed by atoms with E-state index in [0.717, 1.165) is 33.6 Å². The lowest BCUT2D eigenvalue weighted by Crippen LogP contribution is -2.14. The van der Waals surface area contributed by atoms with E-state index in [1.807, 2.05) is 12.1 Å². The molecule has 0 bridgehead atoms. The molecular weight excluding hydrogens is 414 g/mol. The molecule has 0 heterocycles. The number of hydrogen-bond donors (Lipinski definition) is 1. The van der Waals surface area contributed by atoms with Crippen LogP contribution >= 0.6 is 15.9 Å². The molecule has 3 aromatic carbocycles. The second-order valence-electron chi connectivity index (χ2n) is 6.92. The fourth-order valence-corrected chi connectivity index (χ4v) is 3.51. The number of aryl methyl sites for hydroxylation is 2. The number of hydrogen-bond acceptors (Lipinski definition) is 3. The fraction of sp³-hybridized carbons (Fsp3) is 0.250. The van der Waals surface area contributed by atoms with Crippen molar-refractivity contribution >= 4 is 15.9 Å². The summed E-state index contributed by atoms with van der Waals surface area (Å²) in [5, 5.41) is 3.51. The summed E-state index contributed by atoms with van der Waals surface area (Å²) >= 11 is 3.67. The van der Waals surface area contributed by atoms with Gasteiger partial charge in [-0.15, -0.1) is 0 Å². The van der Waals surface area contributed by atoms with E-state index in [2.05, 4.69) is 83.6 Å². The number of nitrogens with one attached hydrogen (secondary N) is 1. The Bertz CT molecular complexity index is 922. The van der Waals surface area contributed by atoms with Gasteiger partial charge in [0.25, 0.3) is 0 Å². The molecule has 0 saturated heterocycles. The maximum absolute atomic E-state index is 6.20. The second-order valence-corrected chi connectivity index (χ2v) is 7.78. The van der Waals surface area contributed by atoms with Crippen LogP contribution in [0.2, 0.25) is 0 Å². The van der Waals surface area contributed by atoms with E-state index in [4.69, 9.17) is 9.47 Å². The van der Waals surface area contributed by atoms with Crippen molar-refractivity contribution in [3.63, 3.8) is 0 Å². The fourth-order valence-electron chi connectivity index (χ4n) is 3.06. The average Bonchev–Trinajstić information content (AvgIpc) is 2.69. The van der Waals surface area contributed by atoms with Crippen LogP contribution in [0.25, 0.3) is 0 Å². The Balaban J connectivity index is 1.74. The van der Waals surface area contributed by atoms with Crippen LogP contribution in [0.1, 0.15) is 27.8 Å². The van der Waals surface area contributed by atoms with Gasteiger partial charge in [-0.3, -0.25) is 0 Å². The minimum Gasteiger partial charge on any atom is -0.493 e. The number of rotatable bonds is 8. The predicted octanol–water partition coefficient (Wildman–Crippen LogP) is 5.94. The molecule has 3 aromatic rings. The summed E-state index contributed by atoms with van der Waals surface area (Å²) in [6.07, 6.45) is 0. The molecule has 0 amide bonds. The molecule has 0 aliphatic rings. The van der Waals surface area contributed by atoms with E-state index < -0.39 is 0 Å². The van der Waals surface area contributed by atoms with Crippen molar-refractivity contribution in [3.8, 4) is 11.5 Å². The van der Waals surface area contributed by atoms with Gasteiger partial charge >= 0.3 is 0 Å². The normalized spacial score (nSPS) is 10.7. The topological polar surface area (TPSA) is 30.5 Å². The van der Waals surface area contributed by atoms with Crippen molar-refractivity contribution in [2.45, 2.75) is 33.5 Å². The summed E-state index contributed by atoms with van der Waals surface area (Å²) in [6, 6.07) is 20.9. The first kappa shape index (κ1) is 20.4. The molecule has 0 spiro atoms. The predicted molar refractivity (Wildman–Crippen MR) is 118 cm³/mol. The largest absolute Gasteiger partial charge is 0.493 e. The van der Waals surface area contributed by atoms with Crippen LogP contribution in [0.3, 0.4) is 0 Å². The monoisotopic (exact) mass is 439 g/mol. The zero-order valence-electron chi connectivity index (χ0n) is 16.6. The molecule has 0 fully saturated rings. The third kappa shape index (κ3) is 5.37. The zero-order valence-corrected chi connectivity index (χ0v) is 18.2. The maximum atomic E-state index is 6.20. The van der Waals surface area contributed by atoms with E-state index in [9.17, 15) is 0 Å². The van der Waals surface area contributed by atoms with Crippen molar-refractivity contribution in [1.82, 2.24) is 5.32 Å². The van der Waals surface area contributed by atoms with Gasteiger partial charge in [0.2, 0.25) is 0 Å². The molecule has 0 radical (unpaired) electrons. The van der Waals surface area contributed by atoms with Crippen LogP contribution in [0.15, 0.2) is 65.1 Å². The van der Waals surface area contributed by atoms with Gasteiger partial charge in [0.15, 0.2) is 11.5 Å². The average molecular weight is 440 g/mol. The van der Waals surface area contributed by atoms with Gasteiger partial charge in [-0.2, -0.15) is 0 Å². The van der Waals surface area contributed by atoms with Crippen molar-refractivity contribution in [2.75, 3.05) is 7.11 Å². The molecule has 0 atom stereocenters. The Morgan fingerprint density at radius 1 is 0.857 bits per heavy atom. The molecular formula is C24H26BrNO2. The van der Waals surface area contributed by atoms with Crippen molar-refractivity contribution in [3.05, 3.63) is 93.0 Å². The summed E-state index contributed by atoms with van der Waals surface area (Å²) < 4.78 is 12.8. The highest BCUT2D eigenvalue weighted by molar-refractivity contribution is 9.10. The van der Waals surface area contributed by atoms with Gasteiger partial charge in [-0.05, 0) is 37.1 Å². The number of benzene rings is 3. The van der Waals surface area contributed by atoms with Crippen LogP contribution in [0.4, 0.5) is 0 Å². The first-order chi connectivity index (χ1) is 13.6. The minimum atomic E-state index is 0.499. The van der Waals surface area contributed by atoms with Crippen LogP contribution in [0.5, 0.6) is 11.5 Å². The molecule has 0 aliphatic heterocycles. The third-order valence-electron chi connectivity index (χ3n) is 4.60. The second kappa shape index (κ2) is 9.76. The highest BCUT2D eigenvalue weighted by atomic mass is 79.9. The maximum Gasteiger partial charge on any atom is 0.167 e. The number of ether oxygens (including phenoxy) is 2.